The quantitative estimate of drug-likeness (QED) is 0.752. The van der Waals surface area contributed by atoms with Crippen molar-refractivity contribution < 1.29 is 27.9 Å². The van der Waals surface area contributed by atoms with Crippen molar-refractivity contribution in [3.05, 3.63) is 47.2 Å². The number of fused-ring (bicyclic) bond motifs is 1. The Balaban J connectivity index is 1.70. The van der Waals surface area contributed by atoms with E-state index in [9.17, 15) is 22.8 Å². The summed E-state index contributed by atoms with van der Waals surface area (Å²) in [7, 11) is -4.02. The van der Waals surface area contributed by atoms with Crippen molar-refractivity contribution in [1.82, 2.24) is 9.21 Å². The van der Waals surface area contributed by atoms with E-state index in [-0.39, 0.29) is 30.8 Å². The molecule has 2 aliphatic heterocycles. The largest absolute Gasteiger partial charge is 0.478 e. The van der Waals surface area contributed by atoms with Crippen LogP contribution in [0.3, 0.4) is 0 Å². The van der Waals surface area contributed by atoms with Gasteiger partial charge in [0.15, 0.2) is 0 Å². The molecule has 0 bridgehead atoms. The first-order valence-corrected chi connectivity index (χ1v) is 9.11. The first-order valence-electron chi connectivity index (χ1n) is 7.71. The number of imide groups is 1. The lowest BCUT2D eigenvalue weighted by Gasteiger charge is -2.23. The lowest BCUT2D eigenvalue weighted by Crippen LogP contribution is -2.35. The Labute approximate surface area is 149 Å². The van der Waals surface area contributed by atoms with E-state index >= 15 is 0 Å². The molecule has 0 spiro atoms. The molecule has 136 valence electrons. The van der Waals surface area contributed by atoms with Crippen LogP contribution in [0, 0.1) is 0 Å². The van der Waals surface area contributed by atoms with Crippen LogP contribution in [0.15, 0.2) is 40.4 Å². The Morgan fingerprint density at radius 3 is 2.23 bits per heavy atom. The van der Waals surface area contributed by atoms with Crippen LogP contribution in [0.5, 0.6) is 0 Å². The number of carbonyl (C=O) groups is 3. The van der Waals surface area contributed by atoms with Gasteiger partial charge in [0.25, 0.3) is 11.8 Å². The molecule has 2 heterocycles. The molecule has 26 heavy (non-hydrogen) atoms. The molecule has 0 aliphatic carbocycles. The third kappa shape index (κ3) is 2.99. The summed E-state index contributed by atoms with van der Waals surface area (Å²) in [6, 6.07) is 6.44. The lowest BCUT2D eigenvalue weighted by atomic mass is 10.1. The summed E-state index contributed by atoms with van der Waals surface area (Å²) in [4.78, 5) is 36.7. The van der Waals surface area contributed by atoms with E-state index in [1.165, 1.54) is 6.92 Å². The van der Waals surface area contributed by atoms with Crippen molar-refractivity contribution in [2.45, 2.75) is 13.3 Å². The number of carbonyl (C=O) groups excluding carboxylic acids is 2. The van der Waals surface area contributed by atoms with E-state index < -0.39 is 28.0 Å². The summed E-state index contributed by atoms with van der Waals surface area (Å²) in [5, 5.41) is 9.10. The van der Waals surface area contributed by atoms with Gasteiger partial charge in [0.1, 0.15) is 0 Å². The van der Waals surface area contributed by atoms with Gasteiger partial charge in [-0.25, -0.2) is 4.79 Å². The molecule has 1 aromatic carbocycles. The van der Waals surface area contributed by atoms with Gasteiger partial charge in [-0.2, -0.15) is 8.42 Å². The average Bonchev–Trinajstić information content (AvgIpc) is 2.81. The summed E-state index contributed by atoms with van der Waals surface area (Å²) in [5.41, 5.74) is 0.308. The number of hydrogen-bond donors (Lipinski definition) is 1. The van der Waals surface area contributed by atoms with Crippen LogP contribution in [0.4, 0.5) is 0 Å². The smallest absolute Gasteiger partial charge is 0.344 e. The molecule has 10 heteroatoms. The van der Waals surface area contributed by atoms with E-state index in [0.717, 1.165) is 15.4 Å². The number of carboxylic acids is 1. The lowest BCUT2D eigenvalue weighted by molar-refractivity contribution is -0.132. The van der Waals surface area contributed by atoms with Crippen LogP contribution in [0.25, 0.3) is 0 Å². The average molecular weight is 377 g/mol. The maximum Gasteiger partial charge on any atom is 0.344 e. The normalized spacial score (nSPS) is 18.5. The number of amides is 2. The fourth-order valence-corrected chi connectivity index (χ4v) is 3.94. The number of aliphatic carboxylic acids is 1. The van der Waals surface area contributed by atoms with Gasteiger partial charge in [-0.05, 0) is 25.5 Å². The van der Waals surface area contributed by atoms with Crippen LogP contribution < -0.4 is 0 Å². The fraction of sp³-hybridized carbons (Fsp3) is 0.250. The maximum absolute atomic E-state index is 12.3. The molecule has 0 aromatic heterocycles. The Morgan fingerprint density at radius 2 is 1.69 bits per heavy atom. The Hall–Kier alpha value is -3.01. The Kier molecular flexibility index (Phi) is 4.36. The summed E-state index contributed by atoms with van der Waals surface area (Å²) in [6.07, 6.45) is 1.14. The summed E-state index contributed by atoms with van der Waals surface area (Å²) < 4.78 is 28.3. The number of benzene rings is 1. The zero-order chi connectivity index (χ0) is 19.1. The minimum absolute atomic E-state index is 0.0112. The highest BCUT2D eigenvalue weighted by molar-refractivity contribution is 7.88. The van der Waals surface area contributed by atoms with Crippen LogP contribution in [0.1, 0.15) is 34.1 Å². The minimum Gasteiger partial charge on any atom is -0.478 e. The van der Waals surface area contributed by atoms with Crippen molar-refractivity contribution in [1.29, 1.82) is 0 Å². The highest BCUT2D eigenvalue weighted by Gasteiger charge is 2.35. The molecule has 3 rings (SSSR count). The molecule has 0 saturated heterocycles. The van der Waals surface area contributed by atoms with E-state index in [4.69, 9.17) is 5.11 Å². The van der Waals surface area contributed by atoms with Gasteiger partial charge in [0.2, 0.25) is 0 Å². The monoisotopic (exact) mass is 377 g/mol. The van der Waals surface area contributed by atoms with Crippen LogP contribution in [-0.2, 0) is 15.0 Å². The molecule has 1 N–H and O–H groups in total. The van der Waals surface area contributed by atoms with Crippen molar-refractivity contribution in [2.75, 3.05) is 13.1 Å². The predicted molar refractivity (Wildman–Crippen MR) is 90.9 cm³/mol. The molecule has 2 amide bonds. The first kappa shape index (κ1) is 17.8. The highest BCUT2D eigenvalue weighted by Crippen LogP contribution is 2.23. The highest BCUT2D eigenvalue weighted by atomic mass is 32.2. The molecule has 0 fully saturated rings. The van der Waals surface area contributed by atoms with E-state index in [1.54, 1.807) is 24.3 Å². The van der Waals surface area contributed by atoms with Crippen molar-refractivity contribution in [2.24, 2.45) is 4.40 Å². The maximum atomic E-state index is 12.3. The number of hydrogen-bond acceptors (Lipinski definition) is 5. The predicted octanol–water partition coefficient (Wildman–Crippen LogP) is 0.663. The standard InChI is InChI=1S/C16H15N3O6S/c1-10-13(16(22)23)9-18(26(24,25)17-10)7-4-8-19-14(20)11-5-2-3-6-12(11)15(19)21/h2-3,5-6,9H,4,7-8H2,1H3,(H,22,23). The molecule has 9 nitrogen and oxygen atoms in total. The van der Waals surface area contributed by atoms with Gasteiger partial charge in [0.05, 0.1) is 22.4 Å². The van der Waals surface area contributed by atoms with Crippen LogP contribution >= 0.6 is 0 Å². The third-order valence-electron chi connectivity index (χ3n) is 4.08. The van der Waals surface area contributed by atoms with Gasteiger partial charge >= 0.3 is 16.2 Å². The molecule has 1 aromatic rings. The van der Waals surface area contributed by atoms with E-state index in [2.05, 4.69) is 4.40 Å². The van der Waals surface area contributed by atoms with Crippen LogP contribution in [-0.4, -0.2) is 59.3 Å². The van der Waals surface area contributed by atoms with Crippen molar-refractivity contribution >= 4 is 33.7 Å². The molecule has 2 aliphatic rings. The van der Waals surface area contributed by atoms with Crippen molar-refractivity contribution in [3.8, 4) is 0 Å². The zero-order valence-electron chi connectivity index (χ0n) is 13.7. The third-order valence-corrected chi connectivity index (χ3v) is 5.47. The van der Waals surface area contributed by atoms with Gasteiger partial charge in [-0.1, -0.05) is 12.1 Å². The SMILES string of the molecule is CC1=NS(=O)(=O)N(CCCN2C(=O)c3ccccc3C2=O)C=C1C(=O)O. The molecular formula is C16H15N3O6S. The second-order valence-corrected chi connectivity index (χ2v) is 7.32. The van der Waals surface area contributed by atoms with Gasteiger partial charge in [-0.15, -0.1) is 4.40 Å². The van der Waals surface area contributed by atoms with Gasteiger partial charge in [-0.3, -0.25) is 18.8 Å². The van der Waals surface area contributed by atoms with E-state index in [0.29, 0.717) is 11.1 Å². The topological polar surface area (TPSA) is 124 Å². The van der Waals surface area contributed by atoms with Gasteiger partial charge in [0, 0.05) is 19.3 Å². The summed E-state index contributed by atoms with van der Waals surface area (Å²) in [5.74, 6) is -2.14. The molecule has 0 unspecified atom stereocenters. The Morgan fingerprint density at radius 1 is 1.12 bits per heavy atom. The number of carboxylic acid groups (broad SMARTS) is 1. The Bertz CT molecular complexity index is 944. The fourth-order valence-electron chi connectivity index (χ4n) is 2.80. The summed E-state index contributed by atoms with van der Waals surface area (Å²) in [6.45, 7) is 1.20. The van der Waals surface area contributed by atoms with Gasteiger partial charge < -0.3 is 5.11 Å². The van der Waals surface area contributed by atoms with Crippen molar-refractivity contribution in [3.63, 3.8) is 0 Å². The number of rotatable bonds is 5. The number of nitrogens with zero attached hydrogens (tertiary/aromatic N) is 3. The second kappa shape index (κ2) is 6.37. The summed E-state index contributed by atoms with van der Waals surface area (Å²) >= 11 is 0. The zero-order valence-corrected chi connectivity index (χ0v) is 14.6. The molecule has 0 atom stereocenters. The molecule has 0 saturated carbocycles. The van der Waals surface area contributed by atoms with E-state index in [1.807, 2.05) is 0 Å². The minimum atomic E-state index is -4.02. The molecule has 0 radical (unpaired) electrons. The first-order chi connectivity index (χ1) is 12.2. The van der Waals surface area contributed by atoms with Crippen LogP contribution in [0.2, 0.25) is 0 Å². The molecular weight excluding hydrogens is 362 g/mol. The second-order valence-electron chi connectivity index (χ2n) is 5.77.